The van der Waals surface area contributed by atoms with Gasteiger partial charge in [-0.2, -0.15) is 0 Å². The quantitative estimate of drug-likeness (QED) is 0.642. The SMILES string of the molecule is O=C(CCc1ccccc1)NC1CCc2nc(NC(=O)c3ccc(F)cc3)ncc2C1. The van der Waals surface area contributed by atoms with Crippen LogP contribution in [0.15, 0.2) is 60.8 Å². The molecule has 0 aliphatic heterocycles. The van der Waals surface area contributed by atoms with Crippen LogP contribution in [0.5, 0.6) is 0 Å². The van der Waals surface area contributed by atoms with Crippen molar-refractivity contribution in [2.75, 3.05) is 5.32 Å². The maximum Gasteiger partial charge on any atom is 0.258 e. The third-order valence-corrected chi connectivity index (χ3v) is 5.33. The van der Waals surface area contributed by atoms with Crippen molar-refractivity contribution in [2.24, 2.45) is 0 Å². The maximum absolute atomic E-state index is 13.0. The van der Waals surface area contributed by atoms with Crippen molar-refractivity contribution in [2.45, 2.75) is 38.1 Å². The summed E-state index contributed by atoms with van der Waals surface area (Å²) in [6.07, 6.45) is 5.02. The zero-order chi connectivity index (χ0) is 21.6. The molecule has 0 spiro atoms. The van der Waals surface area contributed by atoms with E-state index in [4.69, 9.17) is 0 Å². The van der Waals surface area contributed by atoms with E-state index >= 15 is 0 Å². The van der Waals surface area contributed by atoms with Gasteiger partial charge in [0.2, 0.25) is 11.9 Å². The molecule has 1 aliphatic rings. The average Bonchev–Trinajstić information content (AvgIpc) is 2.79. The molecule has 1 aliphatic carbocycles. The molecule has 0 fully saturated rings. The van der Waals surface area contributed by atoms with Crippen LogP contribution in [0.3, 0.4) is 0 Å². The number of anilines is 1. The van der Waals surface area contributed by atoms with Crippen LogP contribution in [-0.2, 0) is 24.1 Å². The van der Waals surface area contributed by atoms with Crippen LogP contribution in [-0.4, -0.2) is 27.8 Å². The Bertz CT molecular complexity index is 1070. The fourth-order valence-electron chi connectivity index (χ4n) is 3.67. The van der Waals surface area contributed by atoms with Crippen molar-refractivity contribution in [1.29, 1.82) is 0 Å². The summed E-state index contributed by atoms with van der Waals surface area (Å²) in [4.78, 5) is 33.3. The lowest BCUT2D eigenvalue weighted by Crippen LogP contribution is -2.39. The Morgan fingerprint density at radius 1 is 1.06 bits per heavy atom. The molecule has 31 heavy (non-hydrogen) atoms. The molecule has 2 N–H and O–H groups in total. The van der Waals surface area contributed by atoms with Gasteiger partial charge in [0.1, 0.15) is 5.82 Å². The minimum Gasteiger partial charge on any atom is -0.353 e. The zero-order valence-corrected chi connectivity index (χ0v) is 17.0. The number of nitrogens with zero attached hydrogens (tertiary/aromatic N) is 2. The van der Waals surface area contributed by atoms with E-state index in [0.29, 0.717) is 24.8 Å². The lowest BCUT2D eigenvalue weighted by molar-refractivity contribution is -0.121. The molecule has 6 nitrogen and oxygen atoms in total. The second-order valence-corrected chi connectivity index (χ2v) is 7.62. The third-order valence-electron chi connectivity index (χ3n) is 5.33. The van der Waals surface area contributed by atoms with Crippen LogP contribution in [0.2, 0.25) is 0 Å². The number of carbonyl (C=O) groups excluding carboxylic acids is 2. The van der Waals surface area contributed by atoms with Gasteiger partial charge in [0.15, 0.2) is 0 Å². The van der Waals surface area contributed by atoms with E-state index in [-0.39, 0.29) is 23.8 Å². The minimum absolute atomic E-state index is 0.0430. The molecule has 0 radical (unpaired) electrons. The summed E-state index contributed by atoms with van der Waals surface area (Å²) < 4.78 is 13.0. The van der Waals surface area contributed by atoms with Gasteiger partial charge < -0.3 is 5.32 Å². The number of benzene rings is 2. The highest BCUT2D eigenvalue weighted by molar-refractivity contribution is 6.03. The number of fused-ring (bicyclic) bond motifs is 1. The van der Waals surface area contributed by atoms with Gasteiger partial charge in [0.05, 0.1) is 0 Å². The highest BCUT2D eigenvalue weighted by Gasteiger charge is 2.22. The molecule has 2 aromatic carbocycles. The Kier molecular flexibility index (Phi) is 6.31. The summed E-state index contributed by atoms with van der Waals surface area (Å²) in [5.41, 5.74) is 3.33. The number of nitrogens with one attached hydrogen (secondary N) is 2. The summed E-state index contributed by atoms with van der Waals surface area (Å²) >= 11 is 0. The Morgan fingerprint density at radius 2 is 1.84 bits per heavy atom. The third kappa shape index (κ3) is 5.51. The van der Waals surface area contributed by atoms with Gasteiger partial charge >= 0.3 is 0 Å². The van der Waals surface area contributed by atoms with Crippen molar-refractivity contribution in [1.82, 2.24) is 15.3 Å². The molecule has 4 rings (SSSR count). The number of aryl methyl sites for hydroxylation is 2. The second-order valence-electron chi connectivity index (χ2n) is 7.62. The first-order valence-electron chi connectivity index (χ1n) is 10.3. The van der Waals surface area contributed by atoms with E-state index in [1.807, 2.05) is 30.3 Å². The fourth-order valence-corrected chi connectivity index (χ4v) is 3.67. The lowest BCUT2D eigenvalue weighted by Gasteiger charge is -2.25. The fraction of sp³-hybridized carbons (Fsp3) is 0.250. The summed E-state index contributed by atoms with van der Waals surface area (Å²) in [6.45, 7) is 0. The lowest BCUT2D eigenvalue weighted by atomic mass is 9.92. The van der Waals surface area contributed by atoms with E-state index in [1.165, 1.54) is 24.3 Å². The Labute approximate surface area is 179 Å². The van der Waals surface area contributed by atoms with Crippen LogP contribution in [0, 0.1) is 5.82 Å². The predicted molar refractivity (Wildman–Crippen MR) is 115 cm³/mol. The normalized spacial score (nSPS) is 15.1. The van der Waals surface area contributed by atoms with Gasteiger partial charge in [-0.3, -0.25) is 14.9 Å². The molecule has 7 heteroatoms. The van der Waals surface area contributed by atoms with Crippen LogP contribution in [0.25, 0.3) is 0 Å². The first kappa shape index (κ1) is 20.7. The van der Waals surface area contributed by atoms with Crippen molar-refractivity contribution in [3.05, 3.63) is 89.0 Å². The van der Waals surface area contributed by atoms with Crippen LogP contribution in [0.1, 0.15) is 40.0 Å². The number of rotatable bonds is 6. The van der Waals surface area contributed by atoms with Gasteiger partial charge in [-0.1, -0.05) is 30.3 Å². The Hall–Kier alpha value is -3.61. The van der Waals surface area contributed by atoms with Crippen molar-refractivity contribution < 1.29 is 14.0 Å². The molecular weight excluding hydrogens is 395 g/mol. The molecule has 2 amide bonds. The van der Waals surface area contributed by atoms with Gasteiger partial charge in [-0.25, -0.2) is 14.4 Å². The van der Waals surface area contributed by atoms with Crippen molar-refractivity contribution in [3.8, 4) is 0 Å². The molecule has 1 atom stereocenters. The van der Waals surface area contributed by atoms with Crippen LogP contribution >= 0.6 is 0 Å². The summed E-state index contributed by atoms with van der Waals surface area (Å²) in [6, 6.07) is 15.3. The molecule has 1 heterocycles. The largest absolute Gasteiger partial charge is 0.353 e. The summed E-state index contributed by atoms with van der Waals surface area (Å²) in [5.74, 6) is -0.526. The number of amides is 2. The maximum atomic E-state index is 13.0. The minimum atomic E-state index is -0.400. The van der Waals surface area contributed by atoms with E-state index in [1.54, 1.807) is 6.20 Å². The van der Waals surface area contributed by atoms with Gasteiger partial charge in [0, 0.05) is 29.9 Å². The number of halogens is 1. The molecule has 0 bridgehead atoms. The second kappa shape index (κ2) is 9.47. The smallest absolute Gasteiger partial charge is 0.258 e. The Balaban J connectivity index is 1.31. The van der Waals surface area contributed by atoms with Crippen molar-refractivity contribution in [3.63, 3.8) is 0 Å². The molecule has 1 aromatic heterocycles. The van der Waals surface area contributed by atoms with E-state index in [2.05, 4.69) is 20.6 Å². The number of hydrogen-bond donors (Lipinski definition) is 2. The van der Waals surface area contributed by atoms with Gasteiger partial charge in [0.25, 0.3) is 5.91 Å². The molecule has 0 saturated carbocycles. The Morgan fingerprint density at radius 3 is 2.61 bits per heavy atom. The van der Waals surface area contributed by atoms with Gasteiger partial charge in [-0.15, -0.1) is 0 Å². The van der Waals surface area contributed by atoms with E-state index in [9.17, 15) is 14.0 Å². The first-order chi connectivity index (χ1) is 15.1. The monoisotopic (exact) mass is 418 g/mol. The predicted octanol–water partition coefficient (Wildman–Crippen LogP) is 3.47. The van der Waals surface area contributed by atoms with Gasteiger partial charge in [-0.05, 0) is 61.1 Å². The number of hydrogen-bond acceptors (Lipinski definition) is 4. The van der Waals surface area contributed by atoms with Crippen LogP contribution < -0.4 is 10.6 Å². The average molecular weight is 418 g/mol. The zero-order valence-electron chi connectivity index (χ0n) is 17.0. The standard InChI is InChI=1S/C24H23FN4O2/c25-19-9-7-17(8-10-19)23(31)29-24-26-15-18-14-20(11-12-21(18)28-24)27-22(30)13-6-16-4-2-1-3-5-16/h1-5,7-10,15,20H,6,11-14H2,(H,27,30)(H,26,28,29,31). The number of aromatic nitrogens is 2. The van der Waals surface area contributed by atoms with Crippen molar-refractivity contribution >= 4 is 17.8 Å². The molecule has 1 unspecified atom stereocenters. The van der Waals surface area contributed by atoms with E-state index < -0.39 is 5.82 Å². The molecule has 3 aromatic rings. The highest BCUT2D eigenvalue weighted by Crippen LogP contribution is 2.21. The number of carbonyl (C=O) groups is 2. The van der Waals surface area contributed by atoms with E-state index in [0.717, 1.165) is 29.7 Å². The topological polar surface area (TPSA) is 84.0 Å². The van der Waals surface area contributed by atoms with Crippen LogP contribution in [0.4, 0.5) is 10.3 Å². The highest BCUT2D eigenvalue weighted by atomic mass is 19.1. The summed E-state index contributed by atoms with van der Waals surface area (Å²) in [5, 5.41) is 5.76. The summed E-state index contributed by atoms with van der Waals surface area (Å²) in [7, 11) is 0. The molecule has 158 valence electrons. The molecule has 0 saturated heterocycles. The molecular formula is C24H23FN4O2. The first-order valence-corrected chi connectivity index (χ1v) is 10.3.